The van der Waals surface area contributed by atoms with Crippen molar-refractivity contribution in [2.75, 3.05) is 5.32 Å². The molecule has 3 rings (SSSR count). The van der Waals surface area contributed by atoms with Crippen LogP contribution in [0, 0.1) is 12.7 Å². The highest BCUT2D eigenvalue weighted by molar-refractivity contribution is 9.09. The Hall–Kier alpha value is -0.910. The summed E-state index contributed by atoms with van der Waals surface area (Å²) in [5.74, 6) is -0.415. The van der Waals surface area contributed by atoms with Gasteiger partial charge in [-0.2, -0.15) is 0 Å². The molecule has 1 N–H and O–H groups in total. The van der Waals surface area contributed by atoms with Crippen LogP contribution in [0.1, 0.15) is 32.8 Å². The van der Waals surface area contributed by atoms with Gasteiger partial charge in [-0.15, -0.1) is 11.3 Å². The lowest BCUT2D eigenvalue weighted by Gasteiger charge is -2.20. The van der Waals surface area contributed by atoms with Crippen molar-refractivity contribution in [3.05, 3.63) is 49.9 Å². The predicted molar refractivity (Wildman–Crippen MR) is 88.2 cm³/mol. The number of carbonyl (C=O) groups is 1. The monoisotopic (exact) mass is 387 g/mol. The van der Waals surface area contributed by atoms with E-state index in [0.29, 0.717) is 29.1 Å². The number of fused-ring (bicyclic) bond motifs is 1. The van der Waals surface area contributed by atoms with E-state index >= 15 is 0 Å². The van der Waals surface area contributed by atoms with Crippen molar-refractivity contribution in [3.63, 3.8) is 0 Å². The fourth-order valence-electron chi connectivity index (χ4n) is 2.38. The zero-order valence-electron chi connectivity index (χ0n) is 11.2. The largest absolute Gasteiger partial charge is 0.326 e. The molecule has 1 unspecified atom stereocenters. The number of alkyl halides is 1. The van der Waals surface area contributed by atoms with E-state index in [-0.39, 0.29) is 16.6 Å². The van der Waals surface area contributed by atoms with Gasteiger partial charge in [0.2, 0.25) is 5.91 Å². The molecule has 1 amide bonds. The number of rotatable bonds is 2. The van der Waals surface area contributed by atoms with E-state index in [1.165, 1.54) is 17.4 Å². The van der Waals surface area contributed by atoms with Crippen LogP contribution >= 0.6 is 38.9 Å². The Morgan fingerprint density at radius 3 is 2.86 bits per heavy atom. The highest BCUT2D eigenvalue weighted by atomic mass is 79.9. The number of hydrogen-bond donors (Lipinski definition) is 1. The lowest BCUT2D eigenvalue weighted by atomic mass is 9.98. The first-order valence-corrected chi connectivity index (χ1v) is 8.64. The van der Waals surface area contributed by atoms with Crippen molar-refractivity contribution in [1.82, 2.24) is 0 Å². The molecule has 2 aromatic rings. The summed E-state index contributed by atoms with van der Waals surface area (Å²) in [6.07, 6.45) is 1.06. The summed E-state index contributed by atoms with van der Waals surface area (Å²) in [7, 11) is 0. The van der Waals surface area contributed by atoms with Gasteiger partial charge in [-0.3, -0.25) is 4.79 Å². The molecular formula is C15H12BrClFNOS. The number of halogens is 3. The standard InChI is InChI=1S/C15H12BrClFNOS/c1-7-6-21-15(14(7)17)13(16)9-4-8-2-3-12(20)19-11(8)5-10(9)18/h4-6,13H,2-3H2,1H3,(H,19,20). The molecule has 1 aliphatic heterocycles. The molecule has 6 heteroatoms. The zero-order chi connectivity index (χ0) is 15.1. The fraction of sp³-hybridized carbons (Fsp3) is 0.267. The van der Waals surface area contributed by atoms with Crippen molar-refractivity contribution >= 4 is 50.5 Å². The van der Waals surface area contributed by atoms with E-state index in [2.05, 4.69) is 21.2 Å². The van der Waals surface area contributed by atoms with Gasteiger partial charge in [-0.1, -0.05) is 27.5 Å². The van der Waals surface area contributed by atoms with E-state index in [1.807, 2.05) is 18.4 Å². The molecule has 1 aromatic heterocycles. The molecule has 0 bridgehead atoms. The predicted octanol–water partition coefficient (Wildman–Crippen LogP) is 5.22. The number of amides is 1. The molecule has 1 aliphatic rings. The molecule has 0 saturated heterocycles. The summed E-state index contributed by atoms with van der Waals surface area (Å²) in [6, 6.07) is 3.21. The van der Waals surface area contributed by atoms with Crippen LogP contribution in [0.25, 0.3) is 0 Å². The number of carbonyl (C=O) groups excluding carboxylic acids is 1. The number of thiophene rings is 1. The van der Waals surface area contributed by atoms with Gasteiger partial charge in [0.15, 0.2) is 0 Å². The SMILES string of the molecule is Cc1csc(C(Br)c2cc3c(cc2F)NC(=O)CC3)c1Cl. The van der Waals surface area contributed by atoms with Crippen LogP contribution in [0.5, 0.6) is 0 Å². The van der Waals surface area contributed by atoms with Crippen LogP contribution in [-0.2, 0) is 11.2 Å². The second kappa shape index (κ2) is 5.71. The Kier molecular flexibility index (Phi) is 4.08. The fourth-order valence-corrected chi connectivity index (χ4v) is 4.71. The van der Waals surface area contributed by atoms with Gasteiger partial charge in [0.25, 0.3) is 0 Å². The first-order valence-electron chi connectivity index (χ1n) is 6.47. The van der Waals surface area contributed by atoms with Crippen molar-refractivity contribution in [3.8, 4) is 0 Å². The Balaban J connectivity index is 2.03. The third-order valence-corrected chi connectivity index (χ3v) is 6.58. The van der Waals surface area contributed by atoms with E-state index in [0.717, 1.165) is 16.0 Å². The Morgan fingerprint density at radius 1 is 1.43 bits per heavy atom. The van der Waals surface area contributed by atoms with Crippen LogP contribution in [0.2, 0.25) is 5.02 Å². The van der Waals surface area contributed by atoms with Gasteiger partial charge in [0, 0.05) is 22.5 Å². The van der Waals surface area contributed by atoms with Crippen LogP contribution in [0.15, 0.2) is 17.5 Å². The summed E-state index contributed by atoms with van der Waals surface area (Å²) in [4.78, 5) is 12.0. The second-order valence-electron chi connectivity index (χ2n) is 5.04. The average Bonchev–Trinajstić information content (AvgIpc) is 2.77. The minimum absolute atomic E-state index is 0.0676. The van der Waals surface area contributed by atoms with E-state index in [1.54, 1.807) is 0 Å². The molecule has 21 heavy (non-hydrogen) atoms. The quantitative estimate of drug-likeness (QED) is 0.702. The number of anilines is 1. The molecule has 0 spiro atoms. The van der Waals surface area contributed by atoms with Crippen LogP contribution in [0.3, 0.4) is 0 Å². The topological polar surface area (TPSA) is 29.1 Å². The Bertz CT molecular complexity index is 731. The number of aryl methyl sites for hydroxylation is 2. The molecule has 0 aliphatic carbocycles. The number of nitrogens with one attached hydrogen (secondary N) is 1. The van der Waals surface area contributed by atoms with Gasteiger partial charge in [0.05, 0.1) is 9.85 Å². The Labute approximate surface area is 139 Å². The minimum Gasteiger partial charge on any atom is -0.326 e. The lowest BCUT2D eigenvalue weighted by molar-refractivity contribution is -0.116. The first kappa shape index (κ1) is 15.0. The third-order valence-electron chi connectivity index (χ3n) is 3.55. The molecule has 110 valence electrons. The maximum absolute atomic E-state index is 14.4. The highest BCUT2D eigenvalue weighted by Crippen LogP contribution is 2.42. The first-order chi connectivity index (χ1) is 9.97. The molecule has 1 atom stereocenters. The summed E-state index contributed by atoms with van der Waals surface area (Å²) >= 11 is 11.3. The lowest BCUT2D eigenvalue weighted by Crippen LogP contribution is -2.19. The molecule has 2 nitrogen and oxygen atoms in total. The van der Waals surface area contributed by atoms with Crippen LogP contribution < -0.4 is 5.32 Å². The zero-order valence-corrected chi connectivity index (χ0v) is 14.3. The molecule has 1 aromatic carbocycles. The van der Waals surface area contributed by atoms with E-state index in [4.69, 9.17) is 11.6 Å². The van der Waals surface area contributed by atoms with Crippen molar-refractivity contribution < 1.29 is 9.18 Å². The highest BCUT2D eigenvalue weighted by Gasteiger charge is 2.24. The average molecular weight is 389 g/mol. The normalized spacial score (nSPS) is 15.5. The second-order valence-corrected chi connectivity index (χ2v) is 7.24. The van der Waals surface area contributed by atoms with Crippen LogP contribution in [0.4, 0.5) is 10.1 Å². The molecule has 0 fully saturated rings. The Morgan fingerprint density at radius 2 is 2.19 bits per heavy atom. The summed E-state index contributed by atoms with van der Waals surface area (Å²) in [6.45, 7) is 1.93. The van der Waals surface area contributed by atoms with E-state index in [9.17, 15) is 9.18 Å². The van der Waals surface area contributed by atoms with Crippen molar-refractivity contribution in [1.29, 1.82) is 0 Å². The minimum atomic E-state index is -0.347. The van der Waals surface area contributed by atoms with Gasteiger partial charge in [-0.25, -0.2) is 4.39 Å². The van der Waals surface area contributed by atoms with Crippen LogP contribution in [-0.4, -0.2) is 5.91 Å². The maximum Gasteiger partial charge on any atom is 0.224 e. The third kappa shape index (κ3) is 2.74. The summed E-state index contributed by atoms with van der Waals surface area (Å²) in [5, 5.41) is 5.34. The summed E-state index contributed by atoms with van der Waals surface area (Å²) in [5.41, 5.74) is 3.07. The van der Waals surface area contributed by atoms with E-state index < -0.39 is 0 Å². The number of benzene rings is 1. The van der Waals surface area contributed by atoms with Crippen molar-refractivity contribution in [2.45, 2.75) is 24.6 Å². The molecule has 2 heterocycles. The van der Waals surface area contributed by atoms with Crippen molar-refractivity contribution in [2.24, 2.45) is 0 Å². The van der Waals surface area contributed by atoms with Gasteiger partial charge < -0.3 is 5.32 Å². The number of hydrogen-bond acceptors (Lipinski definition) is 2. The van der Waals surface area contributed by atoms with Gasteiger partial charge in [0.1, 0.15) is 5.82 Å². The summed E-state index contributed by atoms with van der Waals surface area (Å²) < 4.78 is 14.4. The van der Waals surface area contributed by atoms with Gasteiger partial charge in [-0.05, 0) is 42.0 Å². The smallest absolute Gasteiger partial charge is 0.224 e. The molecular weight excluding hydrogens is 377 g/mol. The van der Waals surface area contributed by atoms with Gasteiger partial charge >= 0.3 is 0 Å². The molecule has 0 radical (unpaired) electrons. The maximum atomic E-state index is 14.4. The molecule has 0 saturated carbocycles.